The summed E-state index contributed by atoms with van der Waals surface area (Å²) in [6, 6.07) is 6.02. The van der Waals surface area contributed by atoms with Crippen LogP contribution in [0.25, 0.3) is 0 Å². The molecule has 0 bridgehead atoms. The average molecular weight is 379 g/mol. The third-order valence-electron chi connectivity index (χ3n) is 2.58. The molecule has 0 atom stereocenters. The maximum atomic E-state index is 13.5. The van der Waals surface area contributed by atoms with Gasteiger partial charge in [-0.15, -0.1) is 0 Å². The van der Waals surface area contributed by atoms with Crippen LogP contribution in [0.2, 0.25) is 5.02 Å². The van der Waals surface area contributed by atoms with Gasteiger partial charge in [0.1, 0.15) is 6.61 Å². The molecule has 0 aliphatic heterocycles. The van der Waals surface area contributed by atoms with Crippen LogP contribution in [0.15, 0.2) is 34.8 Å². The van der Waals surface area contributed by atoms with Crippen LogP contribution in [0.5, 0.6) is 5.75 Å². The molecule has 2 aromatic rings. The summed E-state index contributed by atoms with van der Waals surface area (Å²) in [5.41, 5.74) is 0.129. The summed E-state index contributed by atoms with van der Waals surface area (Å²) in [6.45, 7) is -0.229. The Labute approximate surface area is 131 Å². The molecule has 0 aliphatic rings. The highest BCUT2D eigenvalue weighted by Crippen LogP contribution is 2.28. The second-order valence-corrected chi connectivity index (χ2v) is 5.34. The second kappa shape index (κ2) is 6.36. The number of rotatable bonds is 4. The maximum absolute atomic E-state index is 13.5. The summed E-state index contributed by atoms with van der Waals surface area (Å²) < 4.78 is 32.2. The van der Waals surface area contributed by atoms with Crippen molar-refractivity contribution in [3.05, 3.63) is 67.1 Å². The summed E-state index contributed by atoms with van der Waals surface area (Å²) in [5.74, 6) is -2.52. The minimum absolute atomic E-state index is 0.168. The fraction of sp³-hybridized carbons (Fsp3) is 0.0769. The molecular weight excluding hydrogens is 372 g/mol. The molecule has 0 spiro atoms. The van der Waals surface area contributed by atoms with Crippen LogP contribution in [-0.2, 0) is 6.61 Å². The average Bonchev–Trinajstić information content (AvgIpc) is 2.42. The van der Waals surface area contributed by atoms with Gasteiger partial charge in [0.25, 0.3) is 5.69 Å². The van der Waals surface area contributed by atoms with E-state index in [9.17, 15) is 18.9 Å². The van der Waals surface area contributed by atoms with Crippen LogP contribution in [-0.4, -0.2) is 4.92 Å². The van der Waals surface area contributed by atoms with Crippen LogP contribution in [0.4, 0.5) is 14.5 Å². The number of nitrogens with zero attached hydrogens (tertiary/aromatic N) is 1. The lowest BCUT2D eigenvalue weighted by atomic mass is 10.2. The van der Waals surface area contributed by atoms with Gasteiger partial charge in [0.05, 0.1) is 4.92 Å². The fourth-order valence-corrected chi connectivity index (χ4v) is 2.16. The van der Waals surface area contributed by atoms with Crippen molar-refractivity contribution in [2.24, 2.45) is 0 Å². The van der Waals surface area contributed by atoms with E-state index in [1.165, 1.54) is 24.3 Å². The molecule has 21 heavy (non-hydrogen) atoms. The first-order valence-corrected chi connectivity index (χ1v) is 6.75. The standard InChI is InChI=1S/C13H7BrClF2NO3/c14-8-4-11(16)13(17)12(5-8)21-6-7-3-9(18(19)20)1-2-10(7)15/h1-5H,6H2. The van der Waals surface area contributed by atoms with Crippen molar-refractivity contribution in [1.82, 2.24) is 0 Å². The number of nitro groups is 1. The predicted molar refractivity (Wildman–Crippen MR) is 76.5 cm³/mol. The van der Waals surface area contributed by atoms with Crippen molar-refractivity contribution >= 4 is 33.2 Å². The first-order chi connectivity index (χ1) is 9.88. The molecule has 0 unspecified atom stereocenters. The molecule has 0 amide bonds. The van der Waals surface area contributed by atoms with Crippen LogP contribution in [0.1, 0.15) is 5.56 Å². The molecule has 0 fully saturated rings. The Bertz CT molecular complexity index is 712. The van der Waals surface area contributed by atoms with Gasteiger partial charge < -0.3 is 4.74 Å². The third-order valence-corrected chi connectivity index (χ3v) is 3.41. The number of hydrogen-bond donors (Lipinski definition) is 0. The van der Waals surface area contributed by atoms with Gasteiger partial charge in [0.2, 0.25) is 5.82 Å². The van der Waals surface area contributed by atoms with Crippen LogP contribution in [0.3, 0.4) is 0 Å². The van der Waals surface area contributed by atoms with E-state index in [2.05, 4.69) is 15.9 Å². The molecule has 4 nitrogen and oxygen atoms in total. The lowest BCUT2D eigenvalue weighted by Crippen LogP contribution is -2.01. The Morgan fingerprint density at radius 2 is 2.00 bits per heavy atom. The van der Waals surface area contributed by atoms with Gasteiger partial charge in [-0.1, -0.05) is 27.5 Å². The first kappa shape index (κ1) is 15.7. The molecule has 8 heteroatoms. The van der Waals surface area contributed by atoms with E-state index in [4.69, 9.17) is 16.3 Å². The lowest BCUT2D eigenvalue weighted by Gasteiger charge is -2.09. The van der Waals surface area contributed by atoms with Crippen LogP contribution >= 0.6 is 27.5 Å². The van der Waals surface area contributed by atoms with Gasteiger partial charge in [-0.3, -0.25) is 10.1 Å². The number of hydrogen-bond acceptors (Lipinski definition) is 3. The molecule has 0 radical (unpaired) electrons. The Hall–Kier alpha value is -1.73. The molecule has 110 valence electrons. The summed E-state index contributed by atoms with van der Waals surface area (Å²) in [5, 5.41) is 10.9. The molecular formula is C13H7BrClF2NO3. The van der Waals surface area contributed by atoms with Gasteiger partial charge in [0, 0.05) is 27.2 Å². The topological polar surface area (TPSA) is 52.4 Å². The molecule has 2 aromatic carbocycles. The van der Waals surface area contributed by atoms with Gasteiger partial charge in [-0.05, 0) is 18.2 Å². The summed E-state index contributed by atoms with van der Waals surface area (Å²) >= 11 is 8.91. The molecule has 0 aromatic heterocycles. The zero-order chi connectivity index (χ0) is 15.6. The zero-order valence-corrected chi connectivity index (χ0v) is 12.6. The normalized spacial score (nSPS) is 10.5. The number of ether oxygens (including phenoxy) is 1. The monoisotopic (exact) mass is 377 g/mol. The Kier molecular flexibility index (Phi) is 4.74. The maximum Gasteiger partial charge on any atom is 0.269 e. The van der Waals surface area contributed by atoms with E-state index in [0.717, 1.165) is 6.07 Å². The summed E-state index contributed by atoms with van der Waals surface area (Å²) in [6.07, 6.45) is 0. The minimum Gasteiger partial charge on any atom is -0.486 e. The highest BCUT2D eigenvalue weighted by Gasteiger charge is 2.14. The van der Waals surface area contributed by atoms with E-state index < -0.39 is 16.6 Å². The van der Waals surface area contributed by atoms with Gasteiger partial charge >= 0.3 is 0 Å². The van der Waals surface area contributed by atoms with E-state index >= 15 is 0 Å². The van der Waals surface area contributed by atoms with Gasteiger partial charge in [-0.25, -0.2) is 4.39 Å². The van der Waals surface area contributed by atoms with E-state index in [0.29, 0.717) is 10.0 Å². The zero-order valence-electron chi connectivity index (χ0n) is 10.3. The molecule has 0 heterocycles. The molecule has 2 rings (SSSR count). The second-order valence-electron chi connectivity index (χ2n) is 4.02. The number of non-ortho nitro benzene ring substituents is 1. The van der Waals surface area contributed by atoms with Crippen molar-refractivity contribution < 1.29 is 18.4 Å². The Balaban J connectivity index is 2.24. The number of nitro benzene ring substituents is 1. The highest BCUT2D eigenvalue weighted by atomic mass is 79.9. The van der Waals surface area contributed by atoms with Gasteiger partial charge in [-0.2, -0.15) is 4.39 Å². The summed E-state index contributed by atoms with van der Waals surface area (Å²) in [7, 11) is 0. The Morgan fingerprint density at radius 3 is 2.67 bits per heavy atom. The lowest BCUT2D eigenvalue weighted by molar-refractivity contribution is -0.384. The number of halogens is 4. The van der Waals surface area contributed by atoms with Crippen LogP contribution in [0, 0.1) is 21.7 Å². The third kappa shape index (κ3) is 3.68. The van der Waals surface area contributed by atoms with E-state index in [1.807, 2.05) is 0 Å². The first-order valence-electron chi connectivity index (χ1n) is 5.58. The van der Waals surface area contributed by atoms with E-state index in [1.54, 1.807) is 0 Å². The number of benzene rings is 2. The largest absolute Gasteiger partial charge is 0.486 e. The molecule has 0 saturated carbocycles. The minimum atomic E-state index is -1.14. The summed E-state index contributed by atoms with van der Waals surface area (Å²) in [4.78, 5) is 10.1. The molecule has 0 N–H and O–H groups in total. The predicted octanol–water partition coefficient (Wildman–Crippen LogP) is 4.87. The molecule has 0 saturated heterocycles. The van der Waals surface area contributed by atoms with Crippen molar-refractivity contribution in [1.29, 1.82) is 0 Å². The Morgan fingerprint density at radius 1 is 1.29 bits per heavy atom. The highest BCUT2D eigenvalue weighted by molar-refractivity contribution is 9.10. The van der Waals surface area contributed by atoms with Crippen molar-refractivity contribution in [2.45, 2.75) is 6.61 Å². The van der Waals surface area contributed by atoms with Crippen molar-refractivity contribution in [3.63, 3.8) is 0 Å². The molecule has 0 aliphatic carbocycles. The fourth-order valence-electron chi connectivity index (χ4n) is 1.58. The van der Waals surface area contributed by atoms with Crippen LogP contribution < -0.4 is 4.74 Å². The van der Waals surface area contributed by atoms with Crippen molar-refractivity contribution in [2.75, 3.05) is 0 Å². The van der Waals surface area contributed by atoms with Gasteiger partial charge in [0.15, 0.2) is 11.6 Å². The quantitative estimate of drug-likeness (QED) is 0.433. The van der Waals surface area contributed by atoms with Crippen molar-refractivity contribution in [3.8, 4) is 5.75 Å². The smallest absolute Gasteiger partial charge is 0.269 e. The SMILES string of the molecule is O=[N+]([O-])c1ccc(Cl)c(COc2cc(Br)cc(F)c2F)c1. The van der Waals surface area contributed by atoms with E-state index in [-0.39, 0.29) is 23.1 Å².